The van der Waals surface area contributed by atoms with Crippen LogP contribution in [0.5, 0.6) is 0 Å². The average Bonchev–Trinajstić information content (AvgIpc) is 2.14. The maximum atomic E-state index is 5.39. The van der Waals surface area contributed by atoms with Gasteiger partial charge in [0.1, 0.15) is 0 Å². The summed E-state index contributed by atoms with van der Waals surface area (Å²) in [6.45, 7) is 2.91. The lowest BCUT2D eigenvalue weighted by molar-refractivity contribution is 0.0559. The Morgan fingerprint density at radius 1 is 1.50 bits per heavy atom. The van der Waals surface area contributed by atoms with Crippen molar-refractivity contribution in [1.82, 2.24) is 5.32 Å². The van der Waals surface area contributed by atoms with Crippen LogP contribution in [0.25, 0.3) is 0 Å². The highest BCUT2D eigenvalue weighted by Crippen LogP contribution is 2.16. The molecule has 2 heteroatoms. The van der Waals surface area contributed by atoms with E-state index in [1.165, 1.54) is 19.3 Å². The molecule has 1 N–H and O–H groups in total. The van der Waals surface area contributed by atoms with Crippen LogP contribution < -0.4 is 5.32 Å². The first kappa shape index (κ1) is 9.75. The van der Waals surface area contributed by atoms with Gasteiger partial charge in [-0.25, -0.2) is 0 Å². The molecule has 1 unspecified atom stereocenters. The number of allylic oxidation sites excluding steroid dienone is 1. The molecule has 0 bridgehead atoms. The molecular weight excluding hydrogens is 150 g/mol. The number of ether oxygens (including phenoxy) is 1. The molecule has 0 saturated carbocycles. The minimum absolute atomic E-state index is 0.770. The van der Waals surface area contributed by atoms with Gasteiger partial charge in [-0.2, -0.15) is 0 Å². The zero-order valence-electron chi connectivity index (χ0n) is 7.88. The summed E-state index contributed by atoms with van der Waals surface area (Å²) in [7, 11) is 1.97. The van der Waals surface area contributed by atoms with E-state index in [1.807, 2.05) is 7.05 Å². The third-order valence-corrected chi connectivity index (χ3v) is 2.21. The molecule has 0 amide bonds. The average molecular weight is 169 g/mol. The van der Waals surface area contributed by atoms with Crippen molar-refractivity contribution in [2.45, 2.75) is 19.3 Å². The van der Waals surface area contributed by atoms with Crippen LogP contribution in [0.1, 0.15) is 19.3 Å². The summed E-state index contributed by atoms with van der Waals surface area (Å²) in [6, 6.07) is 0. The van der Waals surface area contributed by atoms with E-state index in [-0.39, 0.29) is 0 Å². The lowest BCUT2D eigenvalue weighted by Crippen LogP contribution is -2.16. The number of nitrogens with one attached hydrogen (secondary N) is 1. The minimum Gasteiger partial charge on any atom is -0.381 e. The van der Waals surface area contributed by atoms with Crippen LogP contribution in [0.4, 0.5) is 0 Å². The van der Waals surface area contributed by atoms with Crippen molar-refractivity contribution in [1.29, 1.82) is 0 Å². The first-order chi connectivity index (χ1) is 5.93. The molecule has 0 aromatic rings. The second kappa shape index (κ2) is 6.21. The van der Waals surface area contributed by atoms with Crippen LogP contribution in [0.3, 0.4) is 0 Å². The number of rotatable bonds is 4. The maximum Gasteiger partial charge on any atom is 0.0497 e. The number of likely N-dealkylation sites (N-methyl/N-ethyl adjacent to an activating group) is 1. The van der Waals surface area contributed by atoms with Crippen molar-refractivity contribution in [2.75, 3.05) is 26.8 Å². The van der Waals surface area contributed by atoms with E-state index < -0.39 is 0 Å². The van der Waals surface area contributed by atoms with Crippen LogP contribution in [-0.4, -0.2) is 26.8 Å². The van der Waals surface area contributed by atoms with E-state index in [2.05, 4.69) is 17.5 Å². The van der Waals surface area contributed by atoms with Gasteiger partial charge in [-0.1, -0.05) is 12.2 Å². The summed E-state index contributed by atoms with van der Waals surface area (Å²) in [6.07, 6.45) is 8.21. The lowest BCUT2D eigenvalue weighted by atomic mass is 9.98. The van der Waals surface area contributed by atoms with Gasteiger partial charge in [-0.3, -0.25) is 0 Å². The van der Waals surface area contributed by atoms with E-state index in [0.29, 0.717) is 0 Å². The zero-order chi connectivity index (χ0) is 8.65. The Labute approximate surface area is 75.0 Å². The van der Waals surface area contributed by atoms with Crippen LogP contribution in [-0.2, 0) is 4.74 Å². The van der Waals surface area contributed by atoms with Crippen LogP contribution in [0, 0.1) is 5.92 Å². The molecule has 0 radical (unpaired) electrons. The van der Waals surface area contributed by atoms with Crippen LogP contribution in [0.15, 0.2) is 12.2 Å². The second-order valence-corrected chi connectivity index (χ2v) is 3.35. The molecule has 1 heterocycles. The molecule has 1 saturated heterocycles. The SMILES string of the molecule is CNC/C=C\CC1CCCOC1. The summed E-state index contributed by atoms with van der Waals surface area (Å²) < 4.78 is 5.39. The summed E-state index contributed by atoms with van der Waals surface area (Å²) in [4.78, 5) is 0. The van der Waals surface area contributed by atoms with Crippen molar-refractivity contribution in [3.05, 3.63) is 12.2 Å². The maximum absolute atomic E-state index is 5.39. The van der Waals surface area contributed by atoms with Crippen molar-refractivity contribution in [3.63, 3.8) is 0 Å². The number of hydrogen-bond acceptors (Lipinski definition) is 2. The van der Waals surface area contributed by atoms with Crippen molar-refractivity contribution in [2.24, 2.45) is 5.92 Å². The third kappa shape index (κ3) is 3.88. The van der Waals surface area contributed by atoms with E-state index >= 15 is 0 Å². The highest BCUT2D eigenvalue weighted by Gasteiger charge is 2.11. The Balaban J connectivity index is 2.04. The Morgan fingerprint density at radius 2 is 2.42 bits per heavy atom. The molecule has 1 aliphatic heterocycles. The summed E-state index contributed by atoms with van der Waals surface area (Å²) in [5.41, 5.74) is 0. The summed E-state index contributed by atoms with van der Waals surface area (Å²) in [5, 5.41) is 3.09. The lowest BCUT2D eigenvalue weighted by Gasteiger charge is -2.20. The first-order valence-electron chi connectivity index (χ1n) is 4.81. The van der Waals surface area contributed by atoms with E-state index in [4.69, 9.17) is 4.74 Å². The van der Waals surface area contributed by atoms with E-state index in [0.717, 1.165) is 25.7 Å². The highest BCUT2D eigenvalue weighted by atomic mass is 16.5. The molecule has 0 aromatic heterocycles. The molecule has 2 nitrogen and oxygen atoms in total. The third-order valence-electron chi connectivity index (χ3n) is 2.21. The topological polar surface area (TPSA) is 21.3 Å². The van der Waals surface area contributed by atoms with Gasteiger partial charge in [0.25, 0.3) is 0 Å². The van der Waals surface area contributed by atoms with Gasteiger partial charge < -0.3 is 10.1 Å². The predicted octanol–water partition coefficient (Wildman–Crippen LogP) is 1.58. The molecule has 70 valence electrons. The Morgan fingerprint density at radius 3 is 3.08 bits per heavy atom. The molecular formula is C10H19NO. The Bertz CT molecular complexity index is 128. The van der Waals surface area contributed by atoms with E-state index in [9.17, 15) is 0 Å². The fourth-order valence-electron chi connectivity index (χ4n) is 1.48. The molecule has 1 atom stereocenters. The summed E-state index contributed by atoms with van der Waals surface area (Å²) in [5.74, 6) is 0.770. The monoisotopic (exact) mass is 169 g/mol. The van der Waals surface area contributed by atoms with Gasteiger partial charge in [-0.05, 0) is 32.2 Å². The fraction of sp³-hybridized carbons (Fsp3) is 0.800. The van der Waals surface area contributed by atoms with Gasteiger partial charge in [0, 0.05) is 19.8 Å². The molecule has 1 fully saturated rings. The van der Waals surface area contributed by atoms with Gasteiger partial charge in [0.05, 0.1) is 0 Å². The molecule has 1 rings (SSSR count). The zero-order valence-corrected chi connectivity index (χ0v) is 7.88. The quantitative estimate of drug-likeness (QED) is 0.645. The van der Waals surface area contributed by atoms with Gasteiger partial charge in [0.15, 0.2) is 0 Å². The van der Waals surface area contributed by atoms with Crippen LogP contribution in [0.2, 0.25) is 0 Å². The van der Waals surface area contributed by atoms with Crippen LogP contribution >= 0.6 is 0 Å². The number of hydrogen-bond donors (Lipinski definition) is 1. The Hall–Kier alpha value is -0.340. The molecule has 0 aliphatic carbocycles. The molecule has 0 spiro atoms. The van der Waals surface area contributed by atoms with E-state index in [1.54, 1.807) is 0 Å². The van der Waals surface area contributed by atoms with Gasteiger partial charge in [0.2, 0.25) is 0 Å². The largest absolute Gasteiger partial charge is 0.381 e. The molecule has 0 aromatic carbocycles. The van der Waals surface area contributed by atoms with Crippen molar-refractivity contribution in [3.8, 4) is 0 Å². The smallest absolute Gasteiger partial charge is 0.0497 e. The molecule has 1 aliphatic rings. The normalized spacial score (nSPS) is 24.9. The Kier molecular flexibility index (Phi) is 5.04. The first-order valence-corrected chi connectivity index (χ1v) is 4.81. The van der Waals surface area contributed by atoms with Crippen molar-refractivity contribution >= 4 is 0 Å². The summed E-state index contributed by atoms with van der Waals surface area (Å²) >= 11 is 0. The highest BCUT2D eigenvalue weighted by molar-refractivity contribution is 4.85. The standard InChI is InChI=1S/C10H19NO/c1-11-7-3-2-5-10-6-4-8-12-9-10/h2-3,10-11H,4-9H2,1H3/b3-2-. The predicted molar refractivity (Wildman–Crippen MR) is 51.2 cm³/mol. The van der Waals surface area contributed by atoms with Crippen molar-refractivity contribution < 1.29 is 4.74 Å². The minimum atomic E-state index is 0.770. The fourth-order valence-corrected chi connectivity index (χ4v) is 1.48. The van der Waals surface area contributed by atoms with Gasteiger partial charge in [-0.15, -0.1) is 0 Å². The van der Waals surface area contributed by atoms with Gasteiger partial charge >= 0.3 is 0 Å². The second-order valence-electron chi connectivity index (χ2n) is 3.35. The molecule has 12 heavy (non-hydrogen) atoms.